The standard InChI is InChI=1S/C16H19FN2OS/c1-4-5-10(2)15(20)19-16-18-14(11(3)21-16)12-6-8-13(17)9-7-12/h6-10H,4-5H2,1-3H3,(H,18,19,20). The number of thiazole rings is 1. The van der Waals surface area contributed by atoms with Gasteiger partial charge >= 0.3 is 0 Å². The zero-order chi connectivity index (χ0) is 15.4. The largest absolute Gasteiger partial charge is 0.302 e. The van der Waals surface area contributed by atoms with Gasteiger partial charge in [0.2, 0.25) is 5.91 Å². The highest BCUT2D eigenvalue weighted by Gasteiger charge is 2.16. The summed E-state index contributed by atoms with van der Waals surface area (Å²) in [4.78, 5) is 17.5. The third kappa shape index (κ3) is 3.88. The highest BCUT2D eigenvalue weighted by atomic mass is 32.1. The van der Waals surface area contributed by atoms with Gasteiger partial charge in [-0.15, -0.1) is 11.3 Å². The molecule has 112 valence electrons. The molecule has 0 saturated heterocycles. The second kappa shape index (κ2) is 6.80. The van der Waals surface area contributed by atoms with Gasteiger partial charge in [-0.2, -0.15) is 0 Å². The molecule has 1 aromatic carbocycles. The molecule has 0 radical (unpaired) electrons. The third-order valence-corrected chi connectivity index (χ3v) is 4.20. The van der Waals surface area contributed by atoms with E-state index in [-0.39, 0.29) is 17.6 Å². The van der Waals surface area contributed by atoms with Crippen LogP contribution in [0.25, 0.3) is 11.3 Å². The molecule has 0 aliphatic rings. The molecule has 0 spiro atoms. The van der Waals surface area contributed by atoms with E-state index in [2.05, 4.69) is 17.2 Å². The Labute approximate surface area is 128 Å². The quantitative estimate of drug-likeness (QED) is 0.875. The lowest BCUT2D eigenvalue weighted by atomic mass is 10.1. The van der Waals surface area contributed by atoms with Crippen molar-refractivity contribution in [3.63, 3.8) is 0 Å². The van der Waals surface area contributed by atoms with Crippen LogP contribution < -0.4 is 5.32 Å². The second-order valence-corrected chi connectivity index (χ2v) is 6.31. The molecule has 0 saturated carbocycles. The van der Waals surface area contributed by atoms with E-state index in [0.29, 0.717) is 5.13 Å². The zero-order valence-corrected chi connectivity index (χ0v) is 13.3. The number of aromatic nitrogens is 1. The van der Waals surface area contributed by atoms with E-state index >= 15 is 0 Å². The first-order valence-corrected chi connectivity index (χ1v) is 7.87. The van der Waals surface area contributed by atoms with Gasteiger partial charge in [-0.1, -0.05) is 20.3 Å². The average molecular weight is 306 g/mol. The lowest BCUT2D eigenvalue weighted by molar-refractivity contribution is -0.119. The van der Waals surface area contributed by atoms with Crippen molar-refractivity contribution in [2.24, 2.45) is 5.92 Å². The molecule has 1 N–H and O–H groups in total. The number of anilines is 1. The number of amides is 1. The number of hydrogen-bond acceptors (Lipinski definition) is 3. The lowest BCUT2D eigenvalue weighted by Gasteiger charge is -2.08. The van der Waals surface area contributed by atoms with E-state index in [0.717, 1.165) is 29.0 Å². The number of hydrogen-bond donors (Lipinski definition) is 1. The van der Waals surface area contributed by atoms with E-state index in [1.165, 1.54) is 23.5 Å². The number of carbonyl (C=O) groups excluding carboxylic acids is 1. The van der Waals surface area contributed by atoms with Crippen LogP contribution in [-0.2, 0) is 4.79 Å². The molecule has 1 atom stereocenters. The van der Waals surface area contributed by atoms with Crippen molar-refractivity contribution in [1.29, 1.82) is 0 Å². The molecule has 21 heavy (non-hydrogen) atoms. The van der Waals surface area contributed by atoms with E-state index in [4.69, 9.17) is 0 Å². The first-order valence-electron chi connectivity index (χ1n) is 7.05. The molecule has 2 aromatic rings. The first-order chi connectivity index (χ1) is 10.0. The average Bonchev–Trinajstić information content (AvgIpc) is 2.80. The van der Waals surface area contributed by atoms with Crippen molar-refractivity contribution < 1.29 is 9.18 Å². The molecular weight excluding hydrogens is 287 g/mol. The van der Waals surface area contributed by atoms with Crippen LogP contribution in [0.3, 0.4) is 0 Å². The Morgan fingerprint density at radius 1 is 1.38 bits per heavy atom. The third-order valence-electron chi connectivity index (χ3n) is 3.31. The van der Waals surface area contributed by atoms with Crippen molar-refractivity contribution in [2.75, 3.05) is 5.32 Å². The Balaban J connectivity index is 2.16. The number of aryl methyl sites for hydroxylation is 1. The van der Waals surface area contributed by atoms with Gasteiger partial charge in [-0.05, 0) is 37.6 Å². The van der Waals surface area contributed by atoms with Gasteiger partial charge in [0, 0.05) is 16.4 Å². The summed E-state index contributed by atoms with van der Waals surface area (Å²) in [5.74, 6) is -0.293. The summed E-state index contributed by atoms with van der Waals surface area (Å²) < 4.78 is 13.0. The number of benzene rings is 1. The van der Waals surface area contributed by atoms with Crippen molar-refractivity contribution in [3.05, 3.63) is 35.0 Å². The van der Waals surface area contributed by atoms with E-state index < -0.39 is 0 Å². The molecule has 2 rings (SSSR count). The minimum absolute atomic E-state index is 0.00347. The predicted octanol–water partition coefficient (Wildman–Crippen LogP) is 4.63. The van der Waals surface area contributed by atoms with Gasteiger partial charge in [0.25, 0.3) is 0 Å². The van der Waals surface area contributed by atoms with Gasteiger partial charge in [0.15, 0.2) is 5.13 Å². The molecule has 0 fully saturated rings. The SMILES string of the molecule is CCCC(C)C(=O)Nc1nc(-c2ccc(F)cc2)c(C)s1. The maximum atomic E-state index is 13.0. The van der Waals surface area contributed by atoms with Crippen LogP contribution >= 0.6 is 11.3 Å². The highest BCUT2D eigenvalue weighted by Crippen LogP contribution is 2.30. The maximum Gasteiger partial charge on any atom is 0.228 e. The fourth-order valence-corrected chi connectivity index (χ4v) is 2.96. The number of carbonyl (C=O) groups is 1. The normalized spacial score (nSPS) is 12.2. The van der Waals surface area contributed by atoms with Gasteiger partial charge in [-0.25, -0.2) is 9.37 Å². The molecule has 1 heterocycles. The predicted molar refractivity (Wildman–Crippen MR) is 84.9 cm³/mol. The molecule has 0 aliphatic carbocycles. The fourth-order valence-electron chi connectivity index (χ4n) is 2.12. The second-order valence-electron chi connectivity index (χ2n) is 5.11. The van der Waals surface area contributed by atoms with Crippen LogP contribution in [0.4, 0.5) is 9.52 Å². The van der Waals surface area contributed by atoms with Gasteiger partial charge in [0.1, 0.15) is 5.82 Å². The van der Waals surface area contributed by atoms with E-state index in [1.807, 2.05) is 13.8 Å². The highest BCUT2D eigenvalue weighted by molar-refractivity contribution is 7.16. The first kappa shape index (κ1) is 15.6. The van der Waals surface area contributed by atoms with Gasteiger partial charge < -0.3 is 5.32 Å². The Morgan fingerprint density at radius 2 is 2.05 bits per heavy atom. The molecule has 1 unspecified atom stereocenters. The van der Waals surface area contributed by atoms with Crippen molar-refractivity contribution >= 4 is 22.4 Å². The Bertz CT molecular complexity index is 622. The van der Waals surface area contributed by atoms with E-state index in [1.54, 1.807) is 12.1 Å². The van der Waals surface area contributed by atoms with Crippen molar-refractivity contribution in [1.82, 2.24) is 4.98 Å². The summed E-state index contributed by atoms with van der Waals surface area (Å²) in [7, 11) is 0. The van der Waals surface area contributed by atoms with Crippen LogP contribution in [0.1, 0.15) is 31.6 Å². The van der Waals surface area contributed by atoms with Crippen molar-refractivity contribution in [2.45, 2.75) is 33.6 Å². The number of nitrogens with one attached hydrogen (secondary N) is 1. The molecular formula is C16H19FN2OS. The molecule has 0 aliphatic heterocycles. The van der Waals surface area contributed by atoms with Gasteiger partial charge in [0.05, 0.1) is 5.69 Å². The number of rotatable bonds is 5. The number of nitrogens with zero attached hydrogens (tertiary/aromatic N) is 1. The van der Waals surface area contributed by atoms with Crippen LogP contribution in [0.15, 0.2) is 24.3 Å². The Hall–Kier alpha value is -1.75. The monoisotopic (exact) mass is 306 g/mol. The molecule has 1 amide bonds. The van der Waals surface area contributed by atoms with Gasteiger partial charge in [-0.3, -0.25) is 4.79 Å². The Kier molecular flexibility index (Phi) is 5.07. The van der Waals surface area contributed by atoms with Crippen LogP contribution in [0, 0.1) is 18.7 Å². The molecule has 3 nitrogen and oxygen atoms in total. The minimum atomic E-state index is -0.270. The summed E-state index contributed by atoms with van der Waals surface area (Å²) in [6, 6.07) is 6.22. The van der Waals surface area contributed by atoms with Crippen molar-refractivity contribution in [3.8, 4) is 11.3 Å². The zero-order valence-electron chi connectivity index (χ0n) is 12.4. The minimum Gasteiger partial charge on any atom is -0.302 e. The lowest BCUT2D eigenvalue weighted by Crippen LogP contribution is -2.20. The smallest absolute Gasteiger partial charge is 0.228 e. The van der Waals surface area contributed by atoms with Crippen LogP contribution in [0.5, 0.6) is 0 Å². The van der Waals surface area contributed by atoms with E-state index in [9.17, 15) is 9.18 Å². The maximum absolute atomic E-state index is 13.0. The summed E-state index contributed by atoms with van der Waals surface area (Å²) >= 11 is 1.44. The number of halogens is 1. The summed E-state index contributed by atoms with van der Waals surface area (Å²) in [5, 5.41) is 3.46. The summed E-state index contributed by atoms with van der Waals surface area (Å²) in [6.07, 6.45) is 1.84. The van der Waals surface area contributed by atoms with Crippen LogP contribution in [-0.4, -0.2) is 10.9 Å². The molecule has 0 bridgehead atoms. The summed E-state index contributed by atoms with van der Waals surface area (Å²) in [6.45, 7) is 5.92. The summed E-state index contributed by atoms with van der Waals surface area (Å²) in [5.41, 5.74) is 1.64. The Morgan fingerprint density at radius 3 is 2.67 bits per heavy atom. The topological polar surface area (TPSA) is 42.0 Å². The molecule has 1 aromatic heterocycles. The fraction of sp³-hybridized carbons (Fsp3) is 0.375. The van der Waals surface area contributed by atoms with Crippen LogP contribution in [0.2, 0.25) is 0 Å². The molecule has 5 heteroatoms.